The lowest BCUT2D eigenvalue weighted by Gasteiger charge is -2.20. The summed E-state index contributed by atoms with van der Waals surface area (Å²) >= 11 is 1.50. The maximum Gasteiger partial charge on any atom is 0.264 e. The minimum Gasteiger partial charge on any atom is -0.497 e. The number of amides is 1. The summed E-state index contributed by atoms with van der Waals surface area (Å²) in [6.07, 6.45) is 0. The van der Waals surface area contributed by atoms with Crippen LogP contribution in [0.15, 0.2) is 30.3 Å². The summed E-state index contributed by atoms with van der Waals surface area (Å²) in [7, 11) is 3.56. The normalized spacial score (nSPS) is 11.0. The molecule has 126 valence electrons. The van der Waals surface area contributed by atoms with Crippen LogP contribution < -0.4 is 4.74 Å². The van der Waals surface area contributed by atoms with Crippen molar-refractivity contribution in [2.24, 2.45) is 7.05 Å². The van der Waals surface area contributed by atoms with Gasteiger partial charge in [-0.1, -0.05) is 12.1 Å². The Labute approximate surface area is 145 Å². The molecule has 1 amide bonds. The lowest BCUT2D eigenvalue weighted by Crippen LogP contribution is -2.29. The molecule has 6 heteroatoms. The van der Waals surface area contributed by atoms with E-state index in [0.29, 0.717) is 13.1 Å². The number of carbonyl (C=O) groups is 1. The van der Waals surface area contributed by atoms with Crippen LogP contribution in [0.3, 0.4) is 0 Å². The first kappa shape index (κ1) is 16.5. The average molecular weight is 343 g/mol. The van der Waals surface area contributed by atoms with Gasteiger partial charge in [-0.3, -0.25) is 9.48 Å². The number of rotatable bonds is 5. The Balaban J connectivity index is 1.82. The monoisotopic (exact) mass is 343 g/mol. The Hall–Kier alpha value is -2.34. The second kappa shape index (κ2) is 6.65. The molecule has 5 nitrogen and oxygen atoms in total. The van der Waals surface area contributed by atoms with Crippen molar-refractivity contribution in [2.45, 2.75) is 20.4 Å². The fraction of sp³-hybridized carbons (Fsp3) is 0.333. The standard InChI is InChI=1S/C18H21N3O2S/c1-5-21(11-13-6-8-14(23-4)9-7-13)17(22)16-10-15-12(2)19-20(3)18(15)24-16/h6-10H,5,11H2,1-4H3. The van der Waals surface area contributed by atoms with E-state index in [2.05, 4.69) is 5.10 Å². The molecule has 1 aromatic carbocycles. The molecule has 3 aromatic rings. The van der Waals surface area contributed by atoms with E-state index in [1.54, 1.807) is 7.11 Å². The molecule has 0 aliphatic heterocycles. The number of fused-ring (bicyclic) bond motifs is 1. The summed E-state index contributed by atoms with van der Waals surface area (Å²) in [5.41, 5.74) is 2.05. The second-order valence-electron chi connectivity index (χ2n) is 5.71. The van der Waals surface area contributed by atoms with Crippen LogP contribution in [0, 0.1) is 6.92 Å². The first-order chi connectivity index (χ1) is 11.5. The van der Waals surface area contributed by atoms with Crippen molar-refractivity contribution in [1.82, 2.24) is 14.7 Å². The zero-order valence-corrected chi connectivity index (χ0v) is 15.2. The predicted molar refractivity (Wildman–Crippen MR) is 96.7 cm³/mol. The van der Waals surface area contributed by atoms with Crippen molar-refractivity contribution in [3.05, 3.63) is 46.5 Å². The zero-order valence-electron chi connectivity index (χ0n) is 14.4. The third kappa shape index (κ3) is 3.01. The van der Waals surface area contributed by atoms with Gasteiger partial charge in [-0.2, -0.15) is 5.10 Å². The van der Waals surface area contributed by atoms with E-state index in [1.165, 1.54) is 11.3 Å². The molecule has 2 heterocycles. The van der Waals surface area contributed by atoms with Gasteiger partial charge >= 0.3 is 0 Å². The predicted octanol–water partition coefficient (Wildman–Crippen LogP) is 3.61. The highest BCUT2D eigenvalue weighted by Gasteiger charge is 2.19. The molecule has 0 spiro atoms. The largest absolute Gasteiger partial charge is 0.497 e. The first-order valence-corrected chi connectivity index (χ1v) is 8.70. The third-order valence-electron chi connectivity index (χ3n) is 4.11. The van der Waals surface area contributed by atoms with Crippen molar-refractivity contribution < 1.29 is 9.53 Å². The third-order valence-corrected chi connectivity index (χ3v) is 5.30. The molecule has 0 radical (unpaired) electrons. The number of carbonyl (C=O) groups excluding carboxylic acids is 1. The molecule has 0 unspecified atom stereocenters. The Morgan fingerprint density at radius 2 is 2.04 bits per heavy atom. The Kier molecular flexibility index (Phi) is 4.57. The Morgan fingerprint density at radius 3 is 2.62 bits per heavy atom. The molecular formula is C18H21N3O2S. The number of aryl methyl sites for hydroxylation is 2. The smallest absolute Gasteiger partial charge is 0.264 e. The maximum absolute atomic E-state index is 12.9. The molecule has 0 fully saturated rings. The van der Waals surface area contributed by atoms with Crippen molar-refractivity contribution >= 4 is 27.5 Å². The van der Waals surface area contributed by atoms with Crippen molar-refractivity contribution in [3.8, 4) is 5.75 Å². The topological polar surface area (TPSA) is 47.4 Å². The van der Waals surface area contributed by atoms with E-state index in [9.17, 15) is 4.79 Å². The van der Waals surface area contributed by atoms with E-state index in [0.717, 1.165) is 32.1 Å². The molecule has 0 saturated carbocycles. The van der Waals surface area contributed by atoms with Crippen LogP contribution in [0.1, 0.15) is 27.9 Å². The number of nitrogens with zero attached hydrogens (tertiary/aromatic N) is 3. The maximum atomic E-state index is 12.9. The van der Waals surface area contributed by atoms with E-state index in [-0.39, 0.29) is 5.91 Å². The molecule has 24 heavy (non-hydrogen) atoms. The molecule has 0 saturated heterocycles. The molecular weight excluding hydrogens is 322 g/mol. The van der Waals surface area contributed by atoms with Gasteiger partial charge in [-0.25, -0.2) is 0 Å². The molecule has 2 aromatic heterocycles. The van der Waals surface area contributed by atoms with Gasteiger partial charge in [0.1, 0.15) is 10.6 Å². The molecule has 0 aliphatic rings. The van der Waals surface area contributed by atoms with Crippen LogP contribution in [-0.4, -0.2) is 34.2 Å². The minimum atomic E-state index is 0.0638. The van der Waals surface area contributed by atoms with Crippen LogP contribution >= 0.6 is 11.3 Å². The summed E-state index contributed by atoms with van der Waals surface area (Å²) in [6, 6.07) is 9.78. The van der Waals surface area contributed by atoms with Crippen molar-refractivity contribution in [3.63, 3.8) is 0 Å². The molecule has 0 atom stereocenters. The van der Waals surface area contributed by atoms with Gasteiger partial charge in [0.25, 0.3) is 5.91 Å². The number of hydrogen-bond donors (Lipinski definition) is 0. The second-order valence-corrected chi connectivity index (χ2v) is 6.74. The highest BCUT2D eigenvalue weighted by Crippen LogP contribution is 2.28. The van der Waals surface area contributed by atoms with Gasteiger partial charge in [0.2, 0.25) is 0 Å². The quantitative estimate of drug-likeness (QED) is 0.711. The van der Waals surface area contributed by atoms with Gasteiger partial charge in [-0.05, 0) is 37.6 Å². The fourth-order valence-electron chi connectivity index (χ4n) is 2.75. The molecule has 3 rings (SSSR count). The van der Waals surface area contributed by atoms with Crippen LogP contribution in [0.5, 0.6) is 5.75 Å². The number of methoxy groups -OCH3 is 1. The summed E-state index contributed by atoms with van der Waals surface area (Å²) in [4.78, 5) is 16.5. The van der Waals surface area contributed by atoms with Gasteiger partial charge in [0, 0.05) is 25.5 Å². The van der Waals surface area contributed by atoms with E-state index in [1.807, 2.05) is 60.8 Å². The highest BCUT2D eigenvalue weighted by molar-refractivity contribution is 7.20. The average Bonchev–Trinajstić information content (AvgIpc) is 3.14. The van der Waals surface area contributed by atoms with Crippen molar-refractivity contribution in [1.29, 1.82) is 0 Å². The number of benzene rings is 1. The SMILES string of the molecule is CCN(Cc1ccc(OC)cc1)C(=O)c1cc2c(C)nn(C)c2s1. The van der Waals surface area contributed by atoms with Gasteiger partial charge in [-0.15, -0.1) is 11.3 Å². The number of thiophene rings is 1. The van der Waals surface area contributed by atoms with Gasteiger partial charge in [0.15, 0.2) is 0 Å². The number of aromatic nitrogens is 2. The lowest BCUT2D eigenvalue weighted by molar-refractivity contribution is 0.0757. The molecule has 0 aliphatic carbocycles. The zero-order chi connectivity index (χ0) is 17.3. The van der Waals surface area contributed by atoms with Gasteiger partial charge in [0.05, 0.1) is 17.7 Å². The molecule has 0 bridgehead atoms. The Bertz CT molecular complexity index is 830. The summed E-state index contributed by atoms with van der Waals surface area (Å²) in [5, 5.41) is 5.45. The summed E-state index contributed by atoms with van der Waals surface area (Å²) in [6.45, 7) is 5.22. The molecule has 0 N–H and O–H groups in total. The Morgan fingerprint density at radius 1 is 1.33 bits per heavy atom. The van der Waals surface area contributed by atoms with Crippen LogP contribution in [-0.2, 0) is 13.6 Å². The van der Waals surface area contributed by atoms with Crippen LogP contribution in [0.25, 0.3) is 10.2 Å². The minimum absolute atomic E-state index is 0.0638. The van der Waals surface area contributed by atoms with Crippen LogP contribution in [0.2, 0.25) is 0 Å². The summed E-state index contributed by atoms with van der Waals surface area (Å²) in [5.74, 6) is 0.884. The lowest BCUT2D eigenvalue weighted by atomic mass is 10.2. The number of hydrogen-bond acceptors (Lipinski definition) is 4. The highest BCUT2D eigenvalue weighted by atomic mass is 32.1. The summed E-state index contributed by atoms with van der Waals surface area (Å²) < 4.78 is 7.02. The van der Waals surface area contributed by atoms with Crippen molar-refractivity contribution in [2.75, 3.05) is 13.7 Å². The van der Waals surface area contributed by atoms with E-state index < -0.39 is 0 Å². The first-order valence-electron chi connectivity index (χ1n) is 7.88. The van der Waals surface area contributed by atoms with E-state index >= 15 is 0 Å². The number of ether oxygens (including phenoxy) is 1. The van der Waals surface area contributed by atoms with Gasteiger partial charge < -0.3 is 9.64 Å². The van der Waals surface area contributed by atoms with Crippen LogP contribution in [0.4, 0.5) is 0 Å². The van der Waals surface area contributed by atoms with E-state index in [4.69, 9.17) is 4.74 Å². The fourth-order valence-corrected chi connectivity index (χ4v) is 3.84.